The van der Waals surface area contributed by atoms with Crippen LogP contribution in [0.2, 0.25) is 0 Å². The van der Waals surface area contributed by atoms with Crippen LogP contribution >= 0.6 is 0 Å². The monoisotopic (exact) mass is 389 g/mol. The summed E-state index contributed by atoms with van der Waals surface area (Å²) in [7, 11) is 0. The predicted molar refractivity (Wildman–Crippen MR) is 116 cm³/mol. The molecule has 0 aliphatic heterocycles. The lowest BCUT2D eigenvalue weighted by molar-refractivity contribution is 0.0942. The molecular weight excluding hydrogens is 362 g/mol. The molecule has 4 heteroatoms. The van der Waals surface area contributed by atoms with Crippen molar-refractivity contribution in [3.05, 3.63) is 95.6 Å². The van der Waals surface area contributed by atoms with Gasteiger partial charge >= 0.3 is 0 Å². The zero-order valence-electron chi connectivity index (χ0n) is 16.9. The predicted octanol–water partition coefficient (Wildman–Crippen LogP) is 5.20. The van der Waals surface area contributed by atoms with E-state index in [0.29, 0.717) is 37.0 Å². The fraction of sp³-hybridized carbons (Fsp3) is 0.240. The first-order valence-corrected chi connectivity index (χ1v) is 9.91. The van der Waals surface area contributed by atoms with Crippen LogP contribution in [0.4, 0.5) is 0 Å². The highest BCUT2D eigenvalue weighted by atomic mass is 16.5. The van der Waals surface area contributed by atoms with Crippen molar-refractivity contribution >= 4 is 5.91 Å². The first-order chi connectivity index (χ1) is 14.1. The lowest BCUT2D eigenvalue weighted by Crippen LogP contribution is -2.28. The molecule has 0 radical (unpaired) electrons. The summed E-state index contributed by atoms with van der Waals surface area (Å²) in [6, 6.07) is 25.2. The second kappa shape index (κ2) is 10.3. The Balaban J connectivity index is 1.53. The third-order valence-corrected chi connectivity index (χ3v) is 4.56. The average Bonchev–Trinajstić information content (AvgIpc) is 2.76. The van der Waals surface area contributed by atoms with E-state index < -0.39 is 0 Å². The van der Waals surface area contributed by atoms with Crippen LogP contribution < -0.4 is 14.8 Å². The Morgan fingerprint density at radius 1 is 0.828 bits per heavy atom. The van der Waals surface area contributed by atoms with Gasteiger partial charge in [-0.05, 0) is 35.2 Å². The van der Waals surface area contributed by atoms with Gasteiger partial charge in [-0.1, -0.05) is 74.5 Å². The molecule has 0 bridgehead atoms. The van der Waals surface area contributed by atoms with Crippen LogP contribution in [0.1, 0.15) is 41.3 Å². The zero-order chi connectivity index (χ0) is 20.5. The molecule has 0 unspecified atom stereocenters. The summed E-state index contributed by atoms with van der Waals surface area (Å²) in [4.78, 5) is 12.6. The molecule has 1 N–H and O–H groups in total. The Hall–Kier alpha value is -3.27. The summed E-state index contributed by atoms with van der Waals surface area (Å²) >= 11 is 0. The summed E-state index contributed by atoms with van der Waals surface area (Å²) in [6.45, 7) is 5.51. The van der Waals surface area contributed by atoms with Crippen molar-refractivity contribution in [2.45, 2.75) is 26.4 Å². The highest BCUT2D eigenvalue weighted by Crippen LogP contribution is 2.25. The van der Waals surface area contributed by atoms with Gasteiger partial charge in [0.05, 0.1) is 12.1 Å². The molecule has 0 aliphatic rings. The first-order valence-electron chi connectivity index (χ1n) is 9.91. The van der Waals surface area contributed by atoms with Crippen LogP contribution in [0.25, 0.3) is 0 Å². The number of rotatable bonds is 9. The van der Waals surface area contributed by atoms with Gasteiger partial charge in [0.25, 0.3) is 5.91 Å². The molecule has 3 rings (SSSR count). The highest BCUT2D eigenvalue weighted by molar-refractivity contribution is 5.96. The van der Waals surface area contributed by atoms with Crippen molar-refractivity contribution in [3.8, 4) is 11.5 Å². The number of carbonyl (C=O) groups is 1. The van der Waals surface area contributed by atoms with Crippen molar-refractivity contribution in [1.82, 2.24) is 5.32 Å². The van der Waals surface area contributed by atoms with Gasteiger partial charge in [-0.2, -0.15) is 0 Å². The quantitative estimate of drug-likeness (QED) is 0.512. The number of para-hydroxylation sites is 2. The molecule has 4 nitrogen and oxygen atoms in total. The second-order valence-electron chi connectivity index (χ2n) is 7.07. The van der Waals surface area contributed by atoms with E-state index in [2.05, 4.69) is 25.2 Å². The Bertz CT molecular complexity index is 922. The van der Waals surface area contributed by atoms with Gasteiger partial charge in [0, 0.05) is 0 Å². The Morgan fingerprint density at radius 2 is 1.48 bits per heavy atom. The molecule has 150 valence electrons. The SMILES string of the molecule is CC(C)c1ccccc1OCCNC(=O)c1ccccc1OCc1ccccc1. The van der Waals surface area contributed by atoms with E-state index in [1.807, 2.05) is 66.7 Å². The number of nitrogens with one attached hydrogen (secondary N) is 1. The standard InChI is InChI=1S/C25H27NO3/c1-19(2)21-12-6-8-14-23(21)28-17-16-26-25(27)22-13-7-9-15-24(22)29-18-20-10-4-3-5-11-20/h3-15,19H,16-18H2,1-2H3,(H,26,27). The van der Waals surface area contributed by atoms with Gasteiger partial charge in [0.1, 0.15) is 24.7 Å². The van der Waals surface area contributed by atoms with Gasteiger partial charge in [0.15, 0.2) is 0 Å². The largest absolute Gasteiger partial charge is 0.491 e. The van der Waals surface area contributed by atoms with Crippen molar-refractivity contribution in [3.63, 3.8) is 0 Å². The molecule has 3 aromatic carbocycles. The van der Waals surface area contributed by atoms with Gasteiger partial charge in [0.2, 0.25) is 0 Å². The minimum Gasteiger partial charge on any atom is -0.491 e. The lowest BCUT2D eigenvalue weighted by atomic mass is 10.0. The number of benzene rings is 3. The van der Waals surface area contributed by atoms with Gasteiger partial charge < -0.3 is 14.8 Å². The van der Waals surface area contributed by atoms with E-state index in [1.54, 1.807) is 6.07 Å². The fourth-order valence-electron chi connectivity index (χ4n) is 3.03. The molecule has 0 spiro atoms. The minimum atomic E-state index is -0.172. The minimum absolute atomic E-state index is 0.172. The van der Waals surface area contributed by atoms with E-state index in [0.717, 1.165) is 11.3 Å². The summed E-state index contributed by atoms with van der Waals surface area (Å²) in [5, 5.41) is 2.91. The van der Waals surface area contributed by atoms with Gasteiger partial charge in [-0.25, -0.2) is 0 Å². The maximum Gasteiger partial charge on any atom is 0.255 e. The molecule has 0 aromatic heterocycles. The second-order valence-corrected chi connectivity index (χ2v) is 7.07. The summed E-state index contributed by atoms with van der Waals surface area (Å²) in [6.07, 6.45) is 0. The topological polar surface area (TPSA) is 47.6 Å². The molecule has 0 saturated carbocycles. The fourth-order valence-corrected chi connectivity index (χ4v) is 3.03. The molecular formula is C25H27NO3. The Morgan fingerprint density at radius 3 is 2.24 bits per heavy atom. The normalized spacial score (nSPS) is 10.6. The number of hydrogen-bond acceptors (Lipinski definition) is 3. The van der Waals surface area contributed by atoms with E-state index in [-0.39, 0.29) is 5.91 Å². The van der Waals surface area contributed by atoms with E-state index in [9.17, 15) is 4.79 Å². The summed E-state index contributed by atoms with van der Waals surface area (Å²) in [5.74, 6) is 1.65. The molecule has 0 heterocycles. The van der Waals surface area contributed by atoms with Crippen LogP contribution in [-0.4, -0.2) is 19.1 Å². The molecule has 0 atom stereocenters. The first kappa shape index (κ1) is 20.5. The van der Waals surface area contributed by atoms with Crippen molar-refractivity contribution in [1.29, 1.82) is 0 Å². The van der Waals surface area contributed by atoms with Crippen LogP contribution in [0, 0.1) is 0 Å². The molecule has 3 aromatic rings. The van der Waals surface area contributed by atoms with E-state index in [1.165, 1.54) is 5.56 Å². The number of amides is 1. The zero-order valence-corrected chi connectivity index (χ0v) is 16.9. The van der Waals surface area contributed by atoms with Crippen LogP contribution in [0.3, 0.4) is 0 Å². The number of ether oxygens (including phenoxy) is 2. The Labute approximate surface area is 172 Å². The maximum absolute atomic E-state index is 12.6. The van der Waals surface area contributed by atoms with Crippen molar-refractivity contribution in [2.24, 2.45) is 0 Å². The van der Waals surface area contributed by atoms with Crippen molar-refractivity contribution in [2.75, 3.05) is 13.2 Å². The van der Waals surface area contributed by atoms with Crippen LogP contribution in [0.15, 0.2) is 78.9 Å². The third-order valence-electron chi connectivity index (χ3n) is 4.56. The lowest BCUT2D eigenvalue weighted by Gasteiger charge is -2.15. The van der Waals surface area contributed by atoms with Crippen LogP contribution in [-0.2, 0) is 6.61 Å². The molecule has 1 amide bonds. The molecule has 0 saturated heterocycles. The van der Waals surface area contributed by atoms with Crippen molar-refractivity contribution < 1.29 is 14.3 Å². The smallest absolute Gasteiger partial charge is 0.255 e. The molecule has 0 fully saturated rings. The number of carbonyl (C=O) groups excluding carboxylic acids is 1. The third kappa shape index (κ3) is 5.85. The summed E-state index contributed by atoms with van der Waals surface area (Å²) in [5.41, 5.74) is 2.74. The van der Waals surface area contributed by atoms with E-state index >= 15 is 0 Å². The van der Waals surface area contributed by atoms with Crippen LogP contribution in [0.5, 0.6) is 11.5 Å². The Kier molecular flexibility index (Phi) is 7.28. The highest BCUT2D eigenvalue weighted by Gasteiger charge is 2.12. The summed E-state index contributed by atoms with van der Waals surface area (Å²) < 4.78 is 11.7. The maximum atomic E-state index is 12.6. The number of hydrogen-bond donors (Lipinski definition) is 1. The van der Waals surface area contributed by atoms with E-state index in [4.69, 9.17) is 9.47 Å². The van der Waals surface area contributed by atoms with Gasteiger partial charge in [-0.15, -0.1) is 0 Å². The average molecular weight is 389 g/mol. The van der Waals surface area contributed by atoms with Gasteiger partial charge in [-0.3, -0.25) is 4.79 Å². The molecule has 29 heavy (non-hydrogen) atoms. The molecule has 0 aliphatic carbocycles.